The van der Waals surface area contributed by atoms with Crippen LogP contribution in [0, 0.1) is 0 Å². The molecule has 2 heterocycles. The van der Waals surface area contributed by atoms with Crippen molar-refractivity contribution < 1.29 is 23.8 Å². The number of piperazine rings is 1. The van der Waals surface area contributed by atoms with Gasteiger partial charge in [-0.25, -0.2) is 14.6 Å². The summed E-state index contributed by atoms with van der Waals surface area (Å²) in [5, 5.41) is 9.00. The first-order valence-electron chi connectivity index (χ1n) is 8.04. The molecule has 1 fully saturated rings. The number of hydrogen-bond acceptors (Lipinski definition) is 6. The molecule has 1 aliphatic heterocycles. The maximum Gasteiger partial charge on any atom is 0.407 e. The third-order valence-corrected chi connectivity index (χ3v) is 4.08. The second-order valence-electron chi connectivity index (χ2n) is 5.55. The van der Waals surface area contributed by atoms with E-state index in [0.717, 1.165) is 11.3 Å². The minimum Gasteiger partial charge on any atom is -0.465 e. The van der Waals surface area contributed by atoms with Gasteiger partial charge in [0.1, 0.15) is 0 Å². The van der Waals surface area contributed by atoms with E-state index in [4.69, 9.17) is 14.3 Å². The number of nitrogens with zero attached hydrogens (tertiary/aromatic N) is 3. The lowest BCUT2D eigenvalue weighted by molar-refractivity contribution is 0.0520. The number of carboxylic acid groups (broad SMARTS) is 1. The van der Waals surface area contributed by atoms with Gasteiger partial charge in [0.25, 0.3) is 0 Å². The maximum absolute atomic E-state index is 11.9. The van der Waals surface area contributed by atoms with Gasteiger partial charge in [-0.15, -0.1) is 0 Å². The normalized spacial score (nSPS) is 14.4. The molecule has 0 bridgehead atoms. The highest BCUT2D eigenvalue weighted by Gasteiger charge is 2.22. The molecule has 0 atom stereocenters. The second-order valence-corrected chi connectivity index (χ2v) is 5.55. The molecule has 0 radical (unpaired) electrons. The van der Waals surface area contributed by atoms with Crippen LogP contribution in [0.25, 0.3) is 11.3 Å². The Morgan fingerprint density at radius 1 is 1.20 bits per heavy atom. The molecular formula is C17H19N3O5. The van der Waals surface area contributed by atoms with E-state index in [1.165, 1.54) is 11.3 Å². The predicted molar refractivity (Wildman–Crippen MR) is 89.7 cm³/mol. The van der Waals surface area contributed by atoms with Gasteiger partial charge in [-0.3, -0.25) is 0 Å². The fourth-order valence-electron chi connectivity index (χ4n) is 2.78. The Balaban J connectivity index is 1.72. The lowest BCUT2D eigenvalue weighted by Gasteiger charge is -2.34. The van der Waals surface area contributed by atoms with Crippen LogP contribution >= 0.6 is 0 Å². The van der Waals surface area contributed by atoms with Gasteiger partial charge in [0.15, 0.2) is 17.8 Å². The van der Waals surface area contributed by atoms with Crippen LogP contribution < -0.4 is 4.90 Å². The minimum atomic E-state index is -0.883. The molecule has 1 aromatic carbocycles. The van der Waals surface area contributed by atoms with Crippen LogP contribution in [0.2, 0.25) is 0 Å². The molecule has 1 saturated heterocycles. The highest BCUT2D eigenvalue weighted by atomic mass is 16.5. The lowest BCUT2D eigenvalue weighted by atomic mass is 10.1. The topological polar surface area (TPSA) is 96.1 Å². The standard InChI is InChI=1S/C17H19N3O5/c1-2-24-16(21)14-15(25-11-18-14)12-3-5-13(6-4-12)19-7-9-20(10-8-19)17(22)23/h3-6,11H,2,7-10H2,1H3,(H,22,23). The van der Waals surface area contributed by atoms with Crippen molar-refractivity contribution in [3.05, 3.63) is 36.4 Å². The summed E-state index contributed by atoms with van der Waals surface area (Å²) in [4.78, 5) is 30.3. The van der Waals surface area contributed by atoms with Crippen molar-refractivity contribution in [1.82, 2.24) is 9.88 Å². The molecule has 132 valence electrons. The van der Waals surface area contributed by atoms with E-state index in [2.05, 4.69) is 9.88 Å². The third kappa shape index (κ3) is 3.57. The van der Waals surface area contributed by atoms with E-state index < -0.39 is 12.1 Å². The first-order valence-corrected chi connectivity index (χ1v) is 8.04. The summed E-state index contributed by atoms with van der Waals surface area (Å²) in [6.07, 6.45) is 0.340. The fourth-order valence-corrected chi connectivity index (χ4v) is 2.78. The van der Waals surface area contributed by atoms with Gasteiger partial charge in [0.2, 0.25) is 0 Å². The van der Waals surface area contributed by atoms with Crippen LogP contribution in [0.4, 0.5) is 10.5 Å². The number of carbonyl (C=O) groups is 2. The molecule has 0 spiro atoms. The SMILES string of the molecule is CCOC(=O)c1ncoc1-c1ccc(N2CCN(C(=O)O)CC2)cc1. The third-order valence-electron chi connectivity index (χ3n) is 4.08. The number of ether oxygens (including phenoxy) is 1. The Morgan fingerprint density at radius 2 is 1.88 bits per heavy atom. The monoisotopic (exact) mass is 345 g/mol. The van der Waals surface area contributed by atoms with Crippen LogP contribution in [0.5, 0.6) is 0 Å². The van der Waals surface area contributed by atoms with E-state index in [0.29, 0.717) is 31.9 Å². The van der Waals surface area contributed by atoms with Gasteiger partial charge in [-0.05, 0) is 31.2 Å². The smallest absolute Gasteiger partial charge is 0.407 e. The van der Waals surface area contributed by atoms with E-state index in [1.807, 2.05) is 24.3 Å². The van der Waals surface area contributed by atoms with Crippen LogP contribution in [0.3, 0.4) is 0 Å². The molecule has 0 saturated carbocycles. The van der Waals surface area contributed by atoms with Gasteiger partial charge in [-0.1, -0.05) is 0 Å². The number of esters is 1. The average Bonchev–Trinajstić information content (AvgIpc) is 3.12. The molecule has 25 heavy (non-hydrogen) atoms. The van der Waals surface area contributed by atoms with E-state index in [-0.39, 0.29) is 12.3 Å². The van der Waals surface area contributed by atoms with Crippen molar-refractivity contribution in [2.24, 2.45) is 0 Å². The number of rotatable bonds is 4. The Labute approximate surface area is 144 Å². The van der Waals surface area contributed by atoms with Gasteiger partial charge >= 0.3 is 12.1 Å². The molecule has 1 aliphatic rings. The number of aromatic nitrogens is 1. The first-order chi connectivity index (χ1) is 12.1. The Morgan fingerprint density at radius 3 is 2.48 bits per heavy atom. The van der Waals surface area contributed by atoms with Crippen molar-refractivity contribution in [2.45, 2.75) is 6.92 Å². The van der Waals surface area contributed by atoms with Crippen LogP contribution in [0.15, 0.2) is 35.1 Å². The second kappa shape index (κ2) is 7.25. The fraction of sp³-hybridized carbons (Fsp3) is 0.353. The molecule has 3 rings (SSSR count). The molecule has 1 amide bonds. The van der Waals surface area contributed by atoms with Gasteiger partial charge < -0.3 is 24.1 Å². The van der Waals surface area contributed by atoms with Gasteiger partial charge in [0.05, 0.1) is 6.61 Å². The number of benzene rings is 1. The number of hydrogen-bond donors (Lipinski definition) is 1. The Hall–Kier alpha value is -3.03. The quantitative estimate of drug-likeness (QED) is 0.849. The molecule has 0 unspecified atom stereocenters. The highest BCUT2D eigenvalue weighted by Crippen LogP contribution is 2.26. The number of amides is 1. The summed E-state index contributed by atoms with van der Waals surface area (Å²) >= 11 is 0. The van der Waals surface area contributed by atoms with Crippen molar-refractivity contribution in [3.8, 4) is 11.3 Å². The van der Waals surface area contributed by atoms with Gasteiger partial charge in [0, 0.05) is 37.4 Å². The molecule has 8 heteroatoms. The van der Waals surface area contributed by atoms with Crippen molar-refractivity contribution >= 4 is 17.7 Å². The molecule has 1 aromatic heterocycles. The highest BCUT2D eigenvalue weighted by molar-refractivity contribution is 5.93. The van der Waals surface area contributed by atoms with Crippen molar-refractivity contribution in [2.75, 3.05) is 37.7 Å². The summed E-state index contributed by atoms with van der Waals surface area (Å²) in [7, 11) is 0. The molecule has 8 nitrogen and oxygen atoms in total. The predicted octanol–water partition coefficient (Wildman–Crippen LogP) is 2.32. The largest absolute Gasteiger partial charge is 0.465 e. The number of oxazole rings is 1. The maximum atomic E-state index is 11.9. The number of anilines is 1. The summed E-state index contributed by atoms with van der Waals surface area (Å²) < 4.78 is 10.3. The number of carbonyl (C=O) groups excluding carboxylic acids is 1. The lowest BCUT2D eigenvalue weighted by Crippen LogP contribution is -2.48. The van der Waals surface area contributed by atoms with Crippen LogP contribution in [-0.2, 0) is 4.74 Å². The summed E-state index contributed by atoms with van der Waals surface area (Å²) in [5.74, 6) is -0.138. The molecule has 0 aliphatic carbocycles. The van der Waals surface area contributed by atoms with Crippen LogP contribution in [0.1, 0.15) is 17.4 Å². The average molecular weight is 345 g/mol. The molecule has 1 N–H and O–H groups in total. The zero-order valence-corrected chi connectivity index (χ0v) is 13.8. The first kappa shape index (κ1) is 16.8. The minimum absolute atomic E-state index is 0.157. The van der Waals surface area contributed by atoms with Gasteiger partial charge in [-0.2, -0.15) is 0 Å². The zero-order valence-electron chi connectivity index (χ0n) is 13.8. The van der Waals surface area contributed by atoms with E-state index >= 15 is 0 Å². The molecule has 2 aromatic rings. The summed E-state index contributed by atoms with van der Waals surface area (Å²) in [6.45, 7) is 4.24. The van der Waals surface area contributed by atoms with Crippen molar-refractivity contribution in [1.29, 1.82) is 0 Å². The van der Waals surface area contributed by atoms with E-state index in [1.54, 1.807) is 6.92 Å². The Kier molecular flexibility index (Phi) is 4.87. The Bertz CT molecular complexity index is 748. The summed E-state index contributed by atoms with van der Waals surface area (Å²) in [5.41, 5.74) is 1.88. The van der Waals surface area contributed by atoms with Crippen molar-refractivity contribution in [3.63, 3.8) is 0 Å². The molecular weight excluding hydrogens is 326 g/mol. The van der Waals surface area contributed by atoms with E-state index in [9.17, 15) is 9.59 Å². The van der Waals surface area contributed by atoms with Crippen LogP contribution in [-0.4, -0.2) is 59.8 Å². The summed E-state index contributed by atoms with van der Waals surface area (Å²) in [6, 6.07) is 7.54. The zero-order chi connectivity index (χ0) is 17.8.